The number of rotatable bonds is 8. The number of hydrogen-bond donors (Lipinski definition) is 3. The molecule has 4 heterocycles. The maximum Gasteiger partial charge on any atom is 0.173 e. The number of aryl methyl sites for hydroxylation is 1. The molecular weight excluding hydrogens is 440 g/mol. The van der Waals surface area contributed by atoms with Crippen molar-refractivity contribution in [2.24, 2.45) is 5.92 Å². The van der Waals surface area contributed by atoms with E-state index in [2.05, 4.69) is 20.9 Å². The molecule has 0 aliphatic carbocycles. The Morgan fingerprint density at radius 2 is 2.21 bits per heavy atom. The number of hydrogen-bond acceptors (Lipinski definition) is 8. The van der Waals surface area contributed by atoms with Crippen LogP contribution in [0.4, 0.5) is 0 Å². The predicted molar refractivity (Wildman–Crippen MR) is 123 cm³/mol. The Bertz CT molecular complexity index is 1200. The van der Waals surface area contributed by atoms with E-state index < -0.39 is 6.10 Å². The fourth-order valence-corrected chi connectivity index (χ4v) is 5.45. The summed E-state index contributed by atoms with van der Waals surface area (Å²) in [4.78, 5) is 26.2. The number of β-amino-alcohol motifs (C(OH)–C–C–N with tert-alkyl or cyclic N) is 1. The fraction of sp³-hybridized carbons (Fsp3) is 0.478. The summed E-state index contributed by atoms with van der Waals surface area (Å²) in [5.74, 6) is 1.54. The molecular formula is C23H28N6O3S. The van der Waals surface area contributed by atoms with Gasteiger partial charge >= 0.3 is 0 Å². The highest BCUT2D eigenvalue weighted by atomic mass is 32.2. The molecule has 1 aromatic carbocycles. The van der Waals surface area contributed by atoms with E-state index in [9.17, 15) is 9.90 Å². The minimum Gasteiger partial charge on any atom is -0.493 e. The van der Waals surface area contributed by atoms with Gasteiger partial charge in [-0.1, -0.05) is 11.8 Å². The van der Waals surface area contributed by atoms with Crippen molar-refractivity contribution in [1.82, 2.24) is 24.4 Å². The van der Waals surface area contributed by atoms with Crippen molar-refractivity contribution < 1.29 is 14.6 Å². The quantitative estimate of drug-likeness (QED) is 0.433. The van der Waals surface area contributed by atoms with E-state index in [1.54, 1.807) is 18.1 Å². The van der Waals surface area contributed by atoms with Crippen molar-refractivity contribution >= 4 is 29.2 Å². The highest BCUT2D eigenvalue weighted by Crippen LogP contribution is 2.33. The standard InChI is InChI=1S/C23H28N6O3S/c24-21-20-22(27-23(26-20)33-18-1-2-19-16(11-18)6-10-32-19)29(14-25-21)9-5-15-3-7-28(8-4-15)12-17(31)13-30/h1-2,11,13-15,17,24,31H,3-10,12H2,(H,26,27). The second kappa shape index (κ2) is 9.66. The van der Waals surface area contributed by atoms with Crippen LogP contribution in [0.3, 0.4) is 0 Å². The Balaban J connectivity index is 1.25. The molecule has 1 saturated heterocycles. The number of imidazole rings is 1. The summed E-state index contributed by atoms with van der Waals surface area (Å²) in [7, 11) is 0. The molecule has 174 valence electrons. The van der Waals surface area contributed by atoms with E-state index in [-0.39, 0.29) is 5.49 Å². The highest BCUT2D eigenvalue weighted by Gasteiger charge is 2.21. The Labute approximate surface area is 195 Å². The van der Waals surface area contributed by atoms with E-state index in [0.29, 0.717) is 24.3 Å². The van der Waals surface area contributed by atoms with Gasteiger partial charge in [-0.3, -0.25) is 5.41 Å². The number of aliphatic hydroxyl groups excluding tert-OH is 1. The zero-order chi connectivity index (χ0) is 22.8. The Hall–Kier alpha value is -2.69. The SMILES string of the molecule is N=c1ncn(CCC2CCN(CC(O)C=O)CC2)c2nc(Sc3ccc4c(c3)CCO4)[nH]c12. The Kier molecular flexibility index (Phi) is 6.48. The van der Waals surface area contributed by atoms with E-state index in [1.165, 1.54) is 5.56 Å². The Morgan fingerprint density at radius 1 is 1.36 bits per heavy atom. The highest BCUT2D eigenvalue weighted by molar-refractivity contribution is 7.99. The number of aromatic amines is 1. The minimum atomic E-state index is -0.892. The van der Waals surface area contributed by atoms with Crippen LogP contribution in [0.2, 0.25) is 0 Å². The van der Waals surface area contributed by atoms with Gasteiger partial charge in [0.1, 0.15) is 23.7 Å². The summed E-state index contributed by atoms with van der Waals surface area (Å²) in [6.45, 7) is 3.74. The first kappa shape index (κ1) is 22.1. The van der Waals surface area contributed by atoms with Crippen LogP contribution in [-0.2, 0) is 17.8 Å². The van der Waals surface area contributed by atoms with Gasteiger partial charge in [-0.2, -0.15) is 0 Å². The van der Waals surface area contributed by atoms with Gasteiger partial charge < -0.3 is 29.1 Å². The Morgan fingerprint density at radius 3 is 3.03 bits per heavy atom. The summed E-state index contributed by atoms with van der Waals surface area (Å²) in [6, 6.07) is 6.20. The number of benzene rings is 1. The lowest BCUT2D eigenvalue weighted by atomic mass is 9.93. The molecule has 1 unspecified atom stereocenters. The molecule has 3 N–H and O–H groups in total. The molecule has 0 radical (unpaired) electrons. The van der Waals surface area contributed by atoms with Crippen molar-refractivity contribution in [3.05, 3.63) is 35.6 Å². The zero-order valence-electron chi connectivity index (χ0n) is 18.4. The van der Waals surface area contributed by atoms with Crippen molar-refractivity contribution in [1.29, 1.82) is 5.41 Å². The molecule has 9 nitrogen and oxygen atoms in total. The number of fused-ring (bicyclic) bond motifs is 2. The molecule has 5 rings (SSSR count). The molecule has 0 amide bonds. The fourth-order valence-electron chi connectivity index (χ4n) is 4.60. The van der Waals surface area contributed by atoms with E-state index in [4.69, 9.17) is 15.1 Å². The molecule has 2 aliphatic heterocycles. The number of aldehydes is 1. The van der Waals surface area contributed by atoms with Gasteiger partial charge in [-0.05, 0) is 62.0 Å². The predicted octanol–water partition coefficient (Wildman–Crippen LogP) is 1.99. The second-order valence-corrected chi connectivity index (χ2v) is 9.80. The molecule has 33 heavy (non-hydrogen) atoms. The van der Waals surface area contributed by atoms with Gasteiger partial charge in [0, 0.05) is 24.4 Å². The van der Waals surface area contributed by atoms with Gasteiger partial charge in [0.05, 0.1) is 12.9 Å². The van der Waals surface area contributed by atoms with Crippen molar-refractivity contribution in [2.45, 2.75) is 48.4 Å². The number of carbonyl (C=O) groups excluding carboxylic acids is 1. The van der Waals surface area contributed by atoms with Crippen LogP contribution in [0.15, 0.2) is 34.6 Å². The largest absolute Gasteiger partial charge is 0.493 e. The molecule has 0 spiro atoms. The number of carbonyl (C=O) groups is 1. The van der Waals surface area contributed by atoms with Gasteiger partial charge in [0.25, 0.3) is 0 Å². The number of H-pyrrole nitrogens is 1. The monoisotopic (exact) mass is 468 g/mol. The zero-order valence-corrected chi connectivity index (χ0v) is 19.2. The first-order valence-electron chi connectivity index (χ1n) is 11.4. The van der Waals surface area contributed by atoms with Crippen molar-refractivity contribution in [3.8, 4) is 5.75 Å². The number of ether oxygens (including phenoxy) is 1. The third kappa shape index (κ3) is 4.97. The van der Waals surface area contributed by atoms with Gasteiger partial charge in [0.15, 0.2) is 16.3 Å². The van der Waals surface area contributed by atoms with Crippen LogP contribution in [-0.4, -0.2) is 68.2 Å². The second-order valence-electron chi connectivity index (χ2n) is 8.73. The smallest absolute Gasteiger partial charge is 0.173 e. The van der Waals surface area contributed by atoms with Crippen LogP contribution in [0.25, 0.3) is 11.2 Å². The third-order valence-electron chi connectivity index (χ3n) is 6.46. The lowest BCUT2D eigenvalue weighted by Gasteiger charge is -2.32. The first-order valence-corrected chi connectivity index (χ1v) is 12.2. The molecule has 10 heteroatoms. The number of nitrogens with zero attached hydrogens (tertiary/aromatic N) is 4. The number of aromatic nitrogens is 4. The summed E-state index contributed by atoms with van der Waals surface area (Å²) < 4.78 is 7.63. The topological polar surface area (TPSA) is 120 Å². The van der Waals surface area contributed by atoms with Crippen LogP contribution < -0.4 is 10.2 Å². The van der Waals surface area contributed by atoms with Crippen LogP contribution in [0.1, 0.15) is 24.8 Å². The van der Waals surface area contributed by atoms with Crippen LogP contribution >= 0.6 is 11.8 Å². The molecule has 0 bridgehead atoms. The number of piperidine rings is 1. The molecule has 0 saturated carbocycles. The number of likely N-dealkylation sites (tertiary alicyclic amines) is 1. The van der Waals surface area contributed by atoms with Crippen LogP contribution in [0, 0.1) is 11.3 Å². The average Bonchev–Trinajstić information content (AvgIpc) is 3.47. The minimum absolute atomic E-state index is 0.199. The number of nitrogens with one attached hydrogen (secondary N) is 2. The lowest BCUT2D eigenvalue weighted by molar-refractivity contribution is -0.115. The van der Waals surface area contributed by atoms with Crippen molar-refractivity contribution in [2.75, 3.05) is 26.2 Å². The van der Waals surface area contributed by atoms with E-state index in [1.807, 2.05) is 16.7 Å². The summed E-state index contributed by atoms with van der Waals surface area (Å²) in [5.41, 5.74) is 2.83. The van der Waals surface area contributed by atoms with E-state index >= 15 is 0 Å². The maximum absolute atomic E-state index is 10.7. The first-order chi connectivity index (χ1) is 16.1. The lowest BCUT2D eigenvalue weighted by Crippen LogP contribution is -2.39. The maximum atomic E-state index is 10.7. The van der Waals surface area contributed by atoms with Crippen LogP contribution in [0.5, 0.6) is 5.75 Å². The summed E-state index contributed by atoms with van der Waals surface area (Å²) in [5, 5.41) is 18.5. The van der Waals surface area contributed by atoms with Gasteiger partial charge in [-0.15, -0.1) is 0 Å². The molecule has 1 atom stereocenters. The third-order valence-corrected chi connectivity index (χ3v) is 7.34. The van der Waals surface area contributed by atoms with E-state index in [0.717, 1.165) is 73.4 Å². The summed E-state index contributed by atoms with van der Waals surface area (Å²) >= 11 is 1.55. The molecule has 2 aromatic heterocycles. The molecule has 1 fully saturated rings. The van der Waals surface area contributed by atoms with Crippen molar-refractivity contribution in [3.63, 3.8) is 0 Å². The molecule has 2 aliphatic rings. The number of aliphatic hydroxyl groups is 1. The summed E-state index contributed by atoms with van der Waals surface area (Å²) in [6.07, 6.45) is 5.45. The molecule has 3 aromatic rings. The average molecular weight is 469 g/mol. The normalized spacial score (nSPS) is 17.7. The van der Waals surface area contributed by atoms with Gasteiger partial charge in [-0.25, -0.2) is 9.97 Å². The van der Waals surface area contributed by atoms with Gasteiger partial charge in [0.2, 0.25) is 0 Å².